The first kappa shape index (κ1) is 18.0. The Bertz CT molecular complexity index is 1100. The van der Waals surface area contributed by atoms with Crippen LogP contribution in [0.5, 0.6) is 0 Å². The zero-order valence-corrected chi connectivity index (χ0v) is 16.1. The molecule has 0 saturated carbocycles. The number of rotatable bonds is 5. The molecule has 1 amide bonds. The predicted molar refractivity (Wildman–Crippen MR) is 112 cm³/mol. The molecule has 0 spiro atoms. The van der Waals surface area contributed by atoms with Crippen LogP contribution in [0, 0.1) is 6.92 Å². The van der Waals surface area contributed by atoms with Gasteiger partial charge in [0.1, 0.15) is 5.82 Å². The number of para-hydroxylation sites is 2. The minimum Gasteiger partial charge on any atom is -0.345 e. The highest BCUT2D eigenvalue weighted by atomic mass is 16.1. The Labute approximate surface area is 164 Å². The fourth-order valence-electron chi connectivity index (χ4n) is 3.44. The van der Waals surface area contributed by atoms with Gasteiger partial charge in [0.05, 0.1) is 17.1 Å². The van der Waals surface area contributed by atoms with Crippen molar-refractivity contribution in [3.63, 3.8) is 0 Å². The topological polar surface area (TPSA) is 46.9 Å². The number of aryl methyl sites for hydroxylation is 2. The monoisotopic (exact) mass is 369 g/mol. The summed E-state index contributed by atoms with van der Waals surface area (Å²) < 4.78 is 2.10. The molecule has 0 radical (unpaired) electrons. The predicted octanol–water partition coefficient (Wildman–Crippen LogP) is 4.60. The van der Waals surface area contributed by atoms with Crippen molar-refractivity contribution in [2.24, 2.45) is 7.05 Å². The van der Waals surface area contributed by atoms with Gasteiger partial charge in [-0.15, -0.1) is 0 Å². The molecule has 1 atom stereocenters. The molecule has 4 aromatic rings. The van der Waals surface area contributed by atoms with Crippen molar-refractivity contribution in [2.45, 2.75) is 19.4 Å². The first-order valence-electron chi connectivity index (χ1n) is 9.44. The second-order valence-corrected chi connectivity index (χ2v) is 7.08. The quantitative estimate of drug-likeness (QED) is 0.559. The molecule has 1 N–H and O–H groups in total. The Kier molecular flexibility index (Phi) is 4.94. The van der Waals surface area contributed by atoms with Crippen molar-refractivity contribution in [1.29, 1.82) is 0 Å². The molecule has 4 rings (SSSR count). The summed E-state index contributed by atoms with van der Waals surface area (Å²) in [4.78, 5) is 17.6. The number of hydrogen-bond acceptors (Lipinski definition) is 2. The van der Waals surface area contributed by atoms with Gasteiger partial charge >= 0.3 is 0 Å². The first-order chi connectivity index (χ1) is 13.6. The number of carbonyl (C=O) groups excluding carboxylic acids is 1. The van der Waals surface area contributed by atoms with E-state index >= 15 is 0 Å². The van der Waals surface area contributed by atoms with Crippen molar-refractivity contribution < 1.29 is 4.79 Å². The third kappa shape index (κ3) is 3.67. The van der Waals surface area contributed by atoms with E-state index in [1.54, 1.807) is 0 Å². The van der Waals surface area contributed by atoms with Gasteiger partial charge in [-0.3, -0.25) is 4.79 Å². The van der Waals surface area contributed by atoms with E-state index in [2.05, 4.69) is 16.0 Å². The SMILES string of the molecule is Cc1ccc(C(=O)N[C@@H](Cc2nc3ccccc3n2C)c2ccccc2)cc1. The highest BCUT2D eigenvalue weighted by Crippen LogP contribution is 2.22. The first-order valence-corrected chi connectivity index (χ1v) is 9.44. The molecular weight excluding hydrogens is 346 g/mol. The lowest BCUT2D eigenvalue weighted by atomic mass is 10.0. The summed E-state index contributed by atoms with van der Waals surface area (Å²) in [6.45, 7) is 2.01. The van der Waals surface area contributed by atoms with Crippen molar-refractivity contribution >= 4 is 16.9 Å². The highest BCUT2D eigenvalue weighted by Gasteiger charge is 2.19. The number of benzene rings is 3. The van der Waals surface area contributed by atoms with Crippen LogP contribution in [0.2, 0.25) is 0 Å². The number of nitrogens with one attached hydrogen (secondary N) is 1. The van der Waals surface area contributed by atoms with Crippen LogP contribution in [0.3, 0.4) is 0 Å². The van der Waals surface area contributed by atoms with Crippen molar-refractivity contribution in [2.75, 3.05) is 0 Å². The van der Waals surface area contributed by atoms with Crippen LogP contribution >= 0.6 is 0 Å². The van der Waals surface area contributed by atoms with Crippen molar-refractivity contribution in [1.82, 2.24) is 14.9 Å². The molecule has 0 aliphatic heterocycles. The standard InChI is InChI=1S/C24H23N3O/c1-17-12-14-19(15-13-17)24(28)26-21(18-8-4-3-5-9-18)16-23-25-20-10-6-7-11-22(20)27(23)2/h3-15,21H,16H2,1-2H3,(H,26,28)/t21-/m0/s1. The molecule has 0 aliphatic rings. The van der Waals surface area contributed by atoms with E-state index in [-0.39, 0.29) is 11.9 Å². The zero-order chi connectivity index (χ0) is 19.5. The third-order valence-electron chi connectivity index (χ3n) is 5.09. The lowest BCUT2D eigenvalue weighted by molar-refractivity contribution is 0.0936. The van der Waals surface area contributed by atoms with Crippen LogP contribution < -0.4 is 5.32 Å². The summed E-state index contributed by atoms with van der Waals surface area (Å²) in [7, 11) is 2.02. The number of hydrogen-bond donors (Lipinski definition) is 1. The maximum Gasteiger partial charge on any atom is 0.251 e. The normalized spacial score (nSPS) is 12.1. The van der Waals surface area contributed by atoms with Crippen LogP contribution in [0.25, 0.3) is 11.0 Å². The van der Waals surface area contributed by atoms with E-state index in [1.807, 2.05) is 86.8 Å². The fraction of sp³-hybridized carbons (Fsp3) is 0.167. The largest absolute Gasteiger partial charge is 0.345 e. The lowest BCUT2D eigenvalue weighted by Gasteiger charge is -2.19. The Hall–Kier alpha value is -3.40. The number of nitrogens with zero attached hydrogens (tertiary/aromatic N) is 2. The number of amides is 1. The van der Waals surface area contributed by atoms with E-state index in [0.29, 0.717) is 12.0 Å². The molecule has 0 fully saturated rings. The summed E-state index contributed by atoms with van der Waals surface area (Å²) in [5.74, 6) is 0.867. The summed E-state index contributed by atoms with van der Waals surface area (Å²) in [5.41, 5.74) is 4.92. The summed E-state index contributed by atoms with van der Waals surface area (Å²) >= 11 is 0. The van der Waals surface area contributed by atoms with Crippen LogP contribution in [-0.4, -0.2) is 15.5 Å². The molecule has 1 heterocycles. The molecule has 0 bridgehead atoms. The molecule has 4 nitrogen and oxygen atoms in total. The fourth-order valence-corrected chi connectivity index (χ4v) is 3.44. The van der Waals surface area contributed by atoms with Gasteiger partial charge in [-0.2, -0.15) is 0 Å². The summed E-state index contributed by atoms with van der Waals surface area (Å²) in [6.07, 6.45) is 0.618. The van der Waals surface area contributed by atoms with Gasteiger partial charge in [0, 0.05) is 19.0 Å². The van der Waals surface area contributed by atoms with Gasteiger partial charge in [-0.05, 0) is 36.8 Å². The number of imidazole rings is 1. The van der Waals surface area contributed by atoms with Gasteiger partial charge in [0.2, 0.25) is 0 Å². The van der Waals surface area contributed by atoms with Crippen LogP contribution in [0.15, 0.2) is 78.9 Å². The van der Waals surface area contributed by atoms with Gasteiger partial charge in [-0.25, -0.2) is 4.98 Å². The molecule has 0 unspecified atom stereocenters. The van der Waals surface area contributed by atoms with E-state index in [0.717, 1.165) is 28.0 Å². The molecule has 0 aliphatic carbocycles. The molecule has 0 saturated heterocycles. The second-order valence-electron chi connectivity index (χ2n) is 7.08. The summed E-state index contributed by atoms with van der Waals surface area (Å²) in [5, 5.41) is 3.20. The maximum absolute atomic E-state index is 12.8. The van der Waals surface area contributed by atoms with Gasteiger partial charge in [0.15, 0.2) is 0 Å². The average Bonchev–Trinajstić information content (AvgIpc) is 3.04. The maximum atomic E-state index is 12.8. The minimum absolute atomic E-state index is 0.0763. The van der Waals surface area contributed by atoms with E-state index < -0.39 is 0 Å². The smallest absolute Gasteiger partial charge is 0.251 e. The van der Waals surface area contributed by atoms with E-state index in [9.17, 15) is 4.79 Å². The molecule has 1 aromatic heterocycles. The van der Waals surface area contributed by atoms with E-state index in [1.165, 1.54) is 0 Å². The van der Waals surface area contributed by atoms with Gasteiger partial charge in [-0.1, -0.05) is 60.2 Å². The Balaban J connectivity index is 1.64. The Morgan fingerprint density at radius 1 is 0.964 bits per heavy atom. The minimum atomic E-state index is -0.162. The number of aromatic nitrogens is 2. The number of fused-ring (bicyclic) bond motifs is 1. The van der Waals surface area contributed by atoms with Crippen molar-refractivity contribution in [3.8, 4) is 0 Å². The van der Waals surface area contributed by atoms with E-state index in [4.69, 9.17) is 4.98 Å². The van der Waals surface area contributed by atoms with Crippen LogP contribution in [0.1, 0.15) is 33.4 Å². The molecule has 140 valence electrons. The lowest BCUT2D eigenvalue weighted by Crippen LogP contribution is -2.30. The molecule has 4 heteroatoms. The van der Waals surface area contributed by atoms with Gasteiger partial charge in [0.25, 0.3) is 5.91 Å². The Morgan fingerprint density at radius 2 is 1.64 bits per heavy atom. The van der Waals surface area contributed by atoms with Gasteiger partial charge < -0.3 is 9.88 Å². The molecule has 28 heavy (non-hydrogen) atoms. The van der Waals surface area contributed by atoms with Crippen molar-refractivity contribution in [3.05, 3.63) is 101 Å². The zero-order valence-electron chi connectivity index (χ0n) is 16.1. The van der Waals surface area contributed by atoms with Crippen LogP contribution in [0.4, 0.5) is 0 Å². The van der Waals surface area contributed by atoms with Crippen LogP contribution in [-0.2, 0) is 13.5 Å². The third-order valence-corrected chi connectivity index (χ3v) is 5.09. The summed E-state index contributed by atoms with van der Waals surface area (Å²) in [6, 6.07) is 25.6. The Morgan fingerprint density at radius 3 is 2.36 bits per heavy atom. The second kappa shape index (κ2) is 7.69. The average molecular weight is 369 g/mol. The molecule has 3 aromatic carbocycles. The highest BCUT2D eigenvalue weighted by molar-refractivity contribution is 5.94. The number of carbonyl (C=O) groups is 1. The molecular formula is C24H23N3O.